The Balaban J connectivity index is 1.68. The molecule has 0 bridgehead atoms. The maximum atomic E-state index is 13.2. The number of amides is 2. The molecule has 2 amide bonds. The number of rotatable bonds is 10. The van der Waals surface area contributed by atoms with Gasteiger partial charge < -0.3 is 20.3 Å². The van der Waals surface area contributed by atoms with Crippen LogP contribution in [0, 0.1) is 5.92 Å². The SMILES string of the molecule is CC(C)CC(S)C(=O)NC1(C(=O)NC(Cc2ccc(-c3ccno3)cc2)C(=O)O)CCCC1. The van der Waals surface area contributed by atoms with Crippen LogP contribution in [0.2, 0.25) is 0 Å². The van der Waals surface area contributed by atoms with E-state index in [-0.39, 0.29) is 12.3 Å². The van der Waals surface area contributed by atoms with Crippen molar-refractivity contribution in [3.63, 3.8) is 0 Å². The first-order chi connectivity index (χ1) is 15.7. The molecule has 0 spiro atoms. The Labute approximate surface area is 198 Å². The smallest absolute Gasteiger partial charge is 0.326 e. The predicted molar refractivity (Wildman–Crippen MR) is 127 cm³/mol. The van der Waals surface area contributed by atoms with Gasteiger partial charge in [0, 0.05) is 18.1 Å². The zero-order chi connectivity index (χ0) is 24.0. The monoisotopic (exact) mass is 473 g/mol. The minimum absolute atomic E-state index is 0.115. The van der Waals surface area contributed by atoms with Crippen LogP contribution in [-0.4, -0.2) is 44.9 Å². The van der Waals surface area contributed by atoms with Crippen LogP contribution in [-0.2, 0) is 20.8 Å². The molecule has 2 unspecified atom stereocenters. The fourth-order valence-corrected chi connectivity index (χ4v) is 4.65. The Hall–Kier alpha value is -2.81. The highest BCUT2D eigenvalue weighted by Crippen LogP contribution is 2.31. The van der Waals surface area contributed by atoms with Gasteiger partial charge in [-0.1, -0.05) is 56.1 Å². The number of hydrogen-bond donors (Lipinski definition) is 4. The van der Waals surface area contributed by atoms with Crippen molar-refractivity contribution in [2.75, 3.05) is 0 Å². The first-order valence-corrected chi connectivity index (χ1v) is 11.8. The number of nitrogens with zero attached hydrogens (tertiary/aromatic N) is 1. The summed E-state index contributed by atoms with van der Waals surface area (Å²) >= 11 is 4.39. The van der Waals surface area contributed by atoms with Crippen LogP contribution in [0.5, 0.6) is 0 Å². The molecule has 1 aliphatic carbocycles. The van der Waals surface area contributed by atoms with E-state index in [4.69, 9.17) is 4.52 Å². The van der Waals surface area contributed by atoms with Gasteiger partial charge in [0.15, 0.2) is 5.76 Å². The number of carbonyl (C=O) groups is 3. The number of hydrogen-bond acceptors (Lipinski definition) is 6. The standard InChI is InChI=1S/C24H31N3O5S/c1-15(2)13-20(33)21(28)27-24(10-3-4-11-24)23(31)26-18(22(29)30)14-16-5-7-17(8-6-16)19-9-12-25-32-19/h5-9,12,15,18,20,33H,3-4,10-11,13-14H2,1-2H3,(H,26,31)(H,27,28)(H,29,30). The van der Waals surface area contributed by atoms with Gasteiger partial charge in [-0.25, -0.2) is 4.79 Å². The van der Waals surface area contributed by atoms with Gasteiger partial charge in [-0.2, -0.15) is 12.6 Å². The lowest BCUT2D eigenvalue weighted by Gasteiger charge is -2.31. The highest BCUT2D eigenvalue weighted by molar-refractivity contribution is 7.81. The van der Waals surface area contributed by atoms with E-state index in [1.54, 1.807) is 24.4 Å². The Morgan fingerprint density at radius 2 is 1.82 bits per heavy atom. The van der Waals surface area contributed by atoms with Crippen LogP contribution in [0.1, 0.15) is 51.5 Å². The van der Waals surface area contributed by atoms with Gasteiger partial charge in [0.25, 0.3) is 0 Å². The molecule has 1 fully saturated rings. The molecule has 1 saturated carbocycles. The molecule has 3 rings (SSSR count). The third-order valence-electron chi connectivity index (χ3n) is 5.97. The molecule has 33 heavy (non-hydrogen) atoms. The molecule has 178 valence electrons. The van der Waals surface area contributed by atoms with E-state index in [0.29, 0.717) is 30.9 Å². The molecule has 1 aromatic heterocycles. The van der Waals surface area contributed by atoms with Gasteiger partial charge >= 0.3 is 5.97 Å². The average molecular weight is 474 g/mol. The minimum Gasteiger partial charge on any atom is -0.480 e. The Bertz CT molecular complexity index is 953. The lowest BCUT2D eigenvalue weighted by molar-refractivity contribution is -0.143. The molecule has 9 heteroatoms. The van der Waals surface area contributed by atoms with Crippen LogP contribution in [0.25, 0.3) is 11.3 Å². The summed E-state index contributed by atoms with van der Waals surface area (Å²) in [6, 6.07) is 7.84. The summed E-state index contributed by atoms with van der Waals surface area (Å²) in [5.74, 6) is -0.973. The zero-order valence-corrected chi connectivity index (χ0v) is 19.8. The number of aliphatic carboxylic acids is 1. The number of carboxylic acid groups (broad SMARTS) is 1. The van der Waals surface area contributed by atoms with E-state index in [2.05, 4.69) is 28.4 Å². The number of carbonyl (C=O) groups excluding carboxylic acids is 2. The van der Waals surface area contributed by atoms with Gasteiger partial charge in [-0.05, 0) is 30.7 Å². The number of aromatic nitrogens is 1. The van der Waals surface area contributed by atoms with Crippen molar-refractivity contribution in [1.29, 1.82) is 0 Å². The Kier molecular flexibility index (Phi) is 8.18. The molecular weight excluding hydrogens is 442 g/mol. The molecule has 1 aromatic carbocycles. The molecule has 0 radical (unpaired) electrons. The molecule has 0 saturated heterocycles. The van der Waals surface area contributed by atoms with Crippen LogP contribution in [0.4, 0.5) is 0 Å². The van der Waals surface area contributed by atoms with Crippen molar-refractivity contribution >= 4 is 30.4 Å². The maximum absolute atomic E-state index is 13.2. The van der Waals surface area contributed by atoms with E-state index < -0.39 is 28.7 Å². The normalized spacial score (nSPS) is 16.8. The van der Waals surface area contributed by atoms with Gasteiger partial charge in [0.2, 0.25) is 11.8 Å². The second-order valence-corrected chi connectivity index (χ2v) is 9.69. The fourth-order valence-electron chi connectivity index (χ4n) is 4.16. The van der Waals surface area contributed by atoms with Crippen molar-refractivity contribution in [3.05, 3.63) is 42.1 Å². The summed E-state index contributed by atoms with van der Waals surface area (Å²) in [4.78, 5) is 37.8. The molecule has 1 heterocycles. The third-order valence-corrected chi connectivity index (χ3v) is 6.42. The zero-order valence-electron chi connectivity index (χ0n) is 18.9. The van der Waals surface area contributed by atoms with Crippen molar-refractivity contribution in [2.45, 2.75) is 69.2 Å². The lowest BCUT2D eigenvalue weighted by atomic mass is 9.94. The highest BCUT2D eigenvalue weighted by atomic mass is 32.1. The van der Waals surface area contributed by atoms with Gasteiger partial charge in [0.1, 0.15) is 11.6 Å². The quantitative estimate of drug-likeness (QED) is 0.393. The van der Waals surface area contributed by atoms with Crippen LogP contribution >= 0.6 is 12.6 Å². The first-order valence-electron chi connectivity index (χ1n) is 11.2. The summed E-state index contributed by atoms with van der Waals surface area (Å²) in [5, 5.41) is 18.5. The largest absolute Gasteiger partial charge is 0.480 e. The Morgan fingerprint density at radius 3 is 2.36 bits per heavy atom. The summed E-state index contributed by atoms with van der Waals surface area (Å²) in [7, 11) is 0. The van der Waals surface area contributed by atoms with Gasteiger partial charge in [0.05, 0.1) is 11.4 Å². The molecule has 2 atom stereocenters. The molecule has 0 aliphatic heterocycles. The second-order valence-electron chi connectivity index (χ2n) is 9.07. The summed E-state index contributed by atoms with van der Waals surface area (Å²) < 4.78 is 5.13. The summed E-state index contributed by atoms with van der Waals surface area (Å²) in [6.45, 7) is 4.01. The molecule has 2 aromatic rings. The van der Waals surface area contributed by atoms with E-state index in [9.17, 15) is 19.5 Å². The highest BCUT2D eigenvalue weighted by Gasteiger charge is 2.44. The van der Waals surface area contributed by atoms with E-state index in [0.717, 1.165) is 24.0 Å². The van der Waals surface area contributed by atoms with Crippen LogP contribution in [0.15, 0.2) is 41.1 Å². The van der Waals surface area contributed by atoms with Crippen molar-refractivity contribution < 1.29 is 24.0 Å². The lowest BCUT2D eigenvalue weighted by Crippen LogP contribution is -2.61. The summed E-state index contributed by atoms with van der Waals surface area (Å²) in [5.41, 5.74) is 0.476. The van der Waals surface area contributed by atoms with Crippen LogP contribution < -0.4 is 10.6 Å². The Morgan fingerprint density at radius 1 is 1.15 bits per heavy atom. The van der Waals surface area contributed by atoms with E-state index in [1.807, 2.05) is 26.0 Å². The van der Waals surface area contributed by atoms with Crippen molar-refractivity contribution in [3.8, 4) is 11.3 Å². The number of nitrogens with one attached hydrogen (secondary N) is 2. The predicted octanol–water partition coefficient (Wildman–Crippen LogP) is 3.23. The van der Waals surface area contributed by atoms with Crippen molar-refractivity contribution in [2.24, 2.45) is 5.92 Å². The minimum atomic E-state index is -1.13. The maximum Gasteiger partial charge on any atom is 0.326 e. The average Bonchev–Trinajstić information content (AvgIpc) is 3.46. The van der Waals surface area contributed by atoms with E-state index >= 15 is 0 Å². The summed E-state index contributed by atoms with van der Waals surface area (Å²) in [6.07, 6.45) is 4.79. The number of thiol groups is 1. The molecule has 8 nitrogen and oxygen atoms in total. The van der Waals surface area contributed by atoms with Gasteiger partial charge in [-0.15, -0.1) is 0 Å². The molecular formula is C24H31N3O5S. The molecule has 1 aliphatic rings. The molecule has 3 N–H and O–H groups in total. The number of benzene rings is 1. The van der Waals surface area contributed by atoms with Gasteiger partial charge in [-0.3, -0.25) is 9.59 Å². The fraction of sp³-hybridized carbons (Fsp3) is 0.500. The first kappa shape index (κ1) is 24.8. The number of carboxylic acids is 1. The van der Waals surface area contributed by atoms with E-state index in [1.165, 1.54) is 0 Å². The van der Waals surface area contributed by atoms with Crippen molar-refractivity contribution in [1.82, 2.24) is 15.8 Å². The second kappa shape index (κ2) is 10.9. The topological polar surface area (TPSA) is 122 Å². The van der Waals surface area contributed by atoms with Crippen LogP contribution in [0.3, 0.4) is 0 Å². The third kappa shape index (κ3) is 6.37.